The lowest BCUT2D eigenvalue weighted by atomic mass is 10.3. The van der Waals surface area contributed by atoms with Crippen molar-refractivity contribution >= 4 is 24.1 Å². The van der Waals surface area contributed by atoms with Crippen LogP contribution in [0.15, 0.2) is 13.2 Å². The van der Waals surface area contributed by atoms with Crippen LogP contribution in [0.25, 0.3) is 12.2 Å². The summed E-state index contributed by atoms with van der Waals surface area (Å²) in [5.74, 6) is 0.148. The number of hydrogen-bond acceptors (Lipinski definition) is 4. The van der Waals surface area contributed by atoms with Gasteiger partial charge in [-0.2, -0.15) is 0 Å². The first-order chi connectivity index (χ1) is 8.04. The zero-order chi connectivity index (χ0) is 13.8. The van der Waals surface area contributed by atoms with Crippen LogP contribution in [-0.4, -0.2) is 23.0 Å². The second-order valence-corrected chi connectivity index (χ2v) is 2.52. The fourth-order valence-corrected chi connectivity index (χ4v) is 0.731. The van der Waals surface area contributed by atoms with Crippen LogP contribution in [0.4, 0.5) is 5.95 Å². The van der Waals surface area contributed by atoms with Gasteiger partial charge in [0.05, 0.1) is 18.5 Å². The number of nitrogens with zero attached hydrogens (tertiary/aromatic N) is 1. The minimum Gasteiger partial charge on any atom is -0.469 e. The molecule has 0 aliphatic heterocycles. The first kappa shape index (κ1) is 17.4. The van der Waals surface area contributed by atoms with E-state index in [2.05, 4.69) is 27.9 Å². The summed E-state index contributed by atoms with van der Waals surface area (Å²) in [4.78, 5) is 16.3. The number of aromatic nitrogens is 2. The molecule has 96 valence electrons. The van der Waals surface area contributed by atoms with Crippen LogP contribution < -0.4 is 5.73 Å². The van der Waals surface area contributed by atoms with Gasteiger partial charge in [0.25, 0.3) is 0 Å². The average molecular weight is 239 g/mol. The molecule has 0 atom stereocenters. The van der Waals surface area contributed by atoms with E-state index in [0.29, 0.717) is 5.95 Å². The van der Waals surface area contributed by atoms with Crippen molar-refractivity contribution in [2.45, 2.75) is 20.8 Å². The number of carbonyl (C=O) groups excluding carboxylic acids is 1. The van der Waals surface area contributed by atoms with Crippen LogP contribution >= 0.6 is 0 Å². The number of aromatic amines is 1. The Morgan fingerprint density at radius 1 is 1.41 bits per heavy atom. The number of carbonyl (C=O) groups is 1. The molecule has 0 aliphatic rings. The number of methoxy groups -OCH3 is 1. The van der Waals surface area contributed by atoms with E-state index in [-0.39, 0.29) is 5.97 Å². The average Bonchev–Trinajstić information content (AvgIpc) is 2.73. The predicted molar refractivity (Wildman–Crippen MR) is 72.2 cm³/mol. The summed E-state index contributed by atoms with van der Waals surface area (Å²) in [5, 5.41) is 0. The minimum absolute atomic E-state index is 0.245. The van der Waals surface area contributed by atoms with E-state index in [9.17, 15) is 4.79 Å². The van der Waals surface area contributed by atoms with Crippen molar-refractivity contribution < 1.29 is 9.53 Å². The molecule has 0 bridgehead atoms. The van der Waals surface area contributed by atoms with Gasteiger partial charge in [-0.1, -0.05) is 27.0 Å². The van der Waals surface area contributed by atoms with Gasteiger partial charge in [-0.05, 0) is 12.2 Å². The van der Waals surface area contributed by atoms with Crippen LogP contribution in [-0.2, 0) is 9.53 Å². The van der Waals surface area contributed by atoms with E-state index in [0.717, 1.165) is 11.4 Å². The predicted octanol–water partition coefficient (Wildman–Crippen LogP) is 2.48. The number of H-pyrrole nitrogens is 1. The highest BCUT2D eigenvalue weighted by atomic mass is 16.5. The normalized spacial score (nSPS) is 7.76. The lowest BCUT2D eigenvalue weighted by Gasteiger charge is -1.83. The Labute approximate surface area is 102 Å². The number of nitrogens with one attached hydrogen (secondary N) is 1. The summed E-state index contributed by atoms with van der Waals surface area (Å²) in [6.45, 7) is 12.5. The Hall–Kier alpha value is -2.04. The summed E-state index contributed by atoms with van der Waals surface area (Å²) in [5.41, 5.74) is 6.92. The highest BCUT2D eigenvalue weighted by Gasteiger charge is 1.99. The number of hydrogen-bond donors (Lipinski definition) is 2. The number of imidazole rings is 1. The van der Waals surface area contributed by atoms with E-state index >= 15 is 0 Å². The van der Waals surface area contributed by atoms with Crippen molar-refractivity contribution in [1.29, 1.82) is 0 Å². The number of ether oxygens (including phenoxy) is 1. The third kappa shape index (κ3) is 7.84. The van der Waals surface area contributed by atoms with Gasteiger partial charge in [-0.3, -0.25) is 4.79 Å². The monoisotopic (exact) mass is 239 g/mol. The zero-order valence-electron chi connectivity index (χ0n) is 10.9. The Kier molecular flexibility index (Phi) is 10.7. The quantitative estimate of drug-likeness (QED) is 0.777. The van der Waals surface area contributed by atoms with E-state index in [4.69, 9.17) is 5.73 Å². The number of anilines is 1. The molecule has 0 fully saturated rings. The smallest absolute Gasteiger partial charge is 0.302 e. The maximum absolute atomic E-state index is 9.59. The first-order valence-electron chi connectivity index (χ1n) is 5.20. The van der Waals surface area contributed by atoms with E-state index in [1.165, 1.54) is 14.0 Å². The maximum atomic E-state index is 9.59. The Bertz CT molecular complexity index is 331. The van der Waals surface area contributed by atoms with Crippen LogP contribution in [0.1, 0.15) is 32.2 Å². The SMILES string of the molecule is C=Cc1nc(N)[nH]c1C=C.CC.COC(C)=O. The molecule has 0 saturated heterocycles. The molecule has 0 unspecified atom stereocenters. The molecule has 17 heavy (non-hydrogen) atoms. The van der Waals surface area contributed by atoms with Crippen molar-refractivity contribution in [3.05, 3.63) is 24.5 Å². The highest BCUT2D eigenvalue weighted by molar-refractivity contribution is 5.65. The Morgan fingerprint density at radius 3 is 2.12 bits per heavy atom. The summed E-state index contributed by atoms with van der Waals surface area (Å²) >= 11 is 0. The summed E-state index contributed by atoms with van der Waals surface area (Å²) in [6, 6.07) is 0. The lowest BCUT2D eigenvalue weighted by molar-refractivity contribution is -0.137. The van der Waals surface area contributed by atoms with Gasteiger partial charge in [0.15, 0.2) is 5.95 Å². The highest BCUT2D eigenvalue weighted by Crippen LogP contribution is 2.09. The molecule has 0 spiro atoms. The Morgan fingerprint density at radius 2 is 1.88 bits per heavy atom. The van der Waals surface area contributed by atoms with Gasteiger partial charge in [0, 0.05) is 6.92 Å². The molecular formula is C12H21N3O2. The third-order valence-corrected chi connectivity index (χ3v) is 1.46. The molecule has 0 saturated carbocycles. The van der Waals surface area contributed by atoms with E-state index in [1.54, 1.807) is 12.2 Å². The second-order valence-electron chi connectivity index (χ2n) is 2.52. The topological polar surface area (TPSA) is 81.0 Å². The van der Waals surface area contributed by atoms with Gasteiger partial charge in [-0.15, -0.1) is 0 Å². The summed E-state index contributed by atoms with van der Waals surface area (Å²) in [7, 11) is 1.35. The molecular weight excluding hydrogens is 218 g/mol. The van der Waals surface area contributed by atoms with Gasteiger partial charge in [0.2, 0.25) is 0 Å². The van der Waals surface area contributed by atoms with Gasteiger partial charge >= 0.3 is 5.97 Å². The standard InChI is InChI=1S/C7H9N3.C3H6O2.C2H6/c1-3-5-6(4-2)10-7(8)9-5;1-3(4)5-2;1-2/h3-4H,1-2H2,(H3,8,9,10);1-2H3;1-2H3. The van der Waals surface area contributed by atoms with Crippen molar-refractivity contribution in [3.63, 3.8) is 0 Å². The van der Waals surface area contributed by atoms with Crippen molar-refractivity contribution in [2.24, 2.45) is 0 Å². The largest absolute Gasteiger partial charge is 0.469 e. The molecule has 5 heteroatoms. The fourth-order valence-electron chi connectivity index (χ4n) is 0.731. The first-order valence-corrected chi connectivity index (χ1v) is 5.20. The number of rotatable bonds is 2. The molecule has 0 aromatic carbocycles. The molecule has 1 aromatic heterocycles. The molecule has 0 aliphatic carbocycles. The fraction of sp³-hybridized carbons (Fsp3) is 0.333. The minimum atomic E-state index is -0.245. The number of nitrogen functional groups attached to an aromatic ring is 1. The second kappa shape index (κ2) is 10.5. The van der Waals surface area contributed by atoms with Crippen molar-refractivity contribution in [3.8, 4) is 0 Å². The summed E-state index contributed by atoms with van der Waals surface area (Å²) < 4.78 is 4.11. The van der Waals surface area contributed by atoms with Crippen LogP contribution in [0.3, 0.4) is 0 Å². The lowest BCUT2D eigenvalue weighted by Crippen LogP contribution is -1.88. The number of esters is 1. The molecule has 0 amide bonds. The Balaban J connectivity index is 0. The molecule has 1 rings (SSSR count). The van der Waals surface area contributed by atoms with Crippen LogP contribution in [0, 0.1) is 0 Å². The third-order valence-electron chi connectivity index (χ3n) is 1.46. The van der Waals surface area contributed by atoms with Gasteiger partial charge in [-0.25, -0.2) is 4.98 Å². The van der Waals surface area contributed by atoms with Gasteiger partial charge in [0.1, 0.15) is 0 Å². The van der Waals surface area contributed by atoms with Crippen LogP contribution in [0.5, 0.6) is 0 Å². The number of nitrogens with two attached hydrogens (primary N) is 1. The molecule has 0 radical (unpaired) electrons. The van der Waals surface area contributed by atoms with Crippen LogP contribution in [0.2, 0.25) is 0 Å². The van der Waals surface area contributed by atoms with Gasteiger partial charge < -0.3 is 15.5 Å². The van der Waals surface area contributed by atoms with E-state index < -0.39 is 0 Å². The van der Waals surface area contributed by atoms with Crippen molar-refractivity contribution in [2.75, 3.05) is 12.8 Å². The molecule has 3 N–H and O–H groups in total. The maximum Gasteiger partial charge on any atom is 0.302 e. The summed E-state index contributed by atoms with van der Waals surface area (Å²) in [6.07, 6.45) is 3.28. The molecule has 5 nitrogen and oxygen atoms in total. The molecule has 1 aromatic rings. The molecule has 1 heterocycles. The van der Waals surface area contributed by atoms with Crippen molar-refractivity contribution in [1.82, 2.24) is 9.97 Å². The zero-order valence-corrected chi connectivity index (χ0v) is 10.9. The van der Waals surface area contributed by atoms with E-state index in [1.807, 2.05) is 13.8 Å².